The number of aryl methyl sites for hydroxylation is 2. The number of rotatable bonds is 6. The highest BCUT2D eigenvalue weighted by atomic mass is 32.1. The van der Waals surface area contributed by atoms with Crippen molar-refractivity contribution in [1.82, 2.24) is 0 Å². The van der Waals surface area contributed by atoms with Crippen molar-refractivity contribution in [1.29, 1.82) is 0 Å². The molecule has 0 aliphatic carbocycles. The van der Waals surface area contributed by atoms with Crippen molar-refractivity contribution in [3.05, 3.63) is 193 Å². The quantitative estimate of drug-likeness (QED) is 0.168. The largest absolute Gasteiger partial charge is 0.454 e. The standard InChI is InChI=1S/C54H36N2O2S/c1-33-21-25-35(26-22-33)55(45-17-9-15-42-39-12-5-7-19-48(39)57-53(42)45)37-29-30-50-44(31-37)52-41-14-4-3-11-38(41)47(32-51(52)59-50)56(36-27-23-34(2)24-28-36)46-18-10-16-43-40-13-6-8-20-49(40)58-54(43)46/h3-32H,1-2H3. The molecule has 0 unspecified atom stereocenters. The molecule has 9 aromatic carbocycles. The third-order valence-electron chi connectivity index (χ3n) is 11.8. The molecule has 0 spiro atoms. The Morgan fingerprint density at radius 2 is 0.847 bits per heavy atom. The fourth-order valence-corrected chi connectivity index (χ4v) is 10.1. The van der Waals surface area contributed by atoms with Gasteiger partial charge < -0.3 is 18.6 Å². The lowest BCUT2D eigenvalue weighted by Crippen LogP contribution is -2.11. The minimum Gasteiger partial charge on any atom is -0.454 e. The smallest absolute Gasteiger partial charge is 0.159 e. The van der Waals surface area contributed by atoms with Gasteiger partial charge in [-0.2, -0.15) is 0 Å². The van der Waals surface area contributed by atoms with Crippen LogP contribution in [0.15, 0.2) is 191 Å². The van der Waals surface area contributed by atoms with Crippen LogP contribution in [0.2, 0.25) is 0 Å². The van der Waals surface area contributed by atoms with E-state index in [1.165, 1.54) is 42.1 Å². The second kappa shape index (κ2) is 13.1. The first kappa shape index (κ1) is 33.8. The van der Waals surface area contributed by atoms with E-state index in [1.807, 2.05) is 23.5 Å². The van der Waals surface area contributed by atoms with Gasteiger partial charge in [-0.3, -0.25) is 0 Å². The van der Waals surface area contributed by atoms with Crippen molar-refractivity contribution in [3.8, 4) is 0 Å². The maximum absolute atomic E-state index is 6.69. The average molecular weight is 777 g/mol. The molecule has 0 N–H and O–H groups in total. The zero-order chi connectivity index (χ0) is 39.2. The Hall–Kier alpha value is -7.34. The molecule has 3 heterocycles. The van der Waals surface area contributed by atoms with Gasteiger partial charge in [-0.15, -0.1) is 11.3 Å². The second-order valence-corrected chi connectivity index (χ2v) is 16.5. The molecule has 5 heteroatoms. The third-order valence-corrected chi connectivity index (χ3v) is 12.9. The number of para-hydroxylation sites is 4. The van der Waals surface area contributed by atoms with Crippen LogP contribution < -0.4 is 9.80 Å². The molecule has 0 bridgehead atoms. The summed E-state index contributed by atoms with van der Waals surface area (Å²) in [6.45, 7) is 4.27. The minimum absolute atomic E-state index is 0.870. The summed E-state index contributed by atoms with van der Waals surface area (Å²) in [7, 11) is 0. The van der Waals surface area contributed by atoms with Crippen LogP contribution in [0, 0.1) is 13.8 Å². The molecule has 12 aromatic rings. The molecule has 0 saturated heterocycles. The topological polar surface area (TPSA) is 32.8 Å². The summed E-state index contributed by atoms with van der Waals surface area (Å²) in [4.78, 5) is 4.73. The predicted molar refractivity (Wildman–Crippen MR) is 250 cm³/mol. The average Bonchev–Trinajstić information content (AvgIpc) is 3.97. The van der Waals surface area contributed by atoms with Gasteiger partial charge in [0.2, 0.25) is 0 Å². The van der Waals surface area contributed by atoms with E-state index in [-0.39, 0.29) is 0 Å². The summed E-state index contributed by atoms with van der Waals surface area (Å²) in [6.07, 6.45) is 0. The Labute approximate surface area is 344 Å². The Morgan fingerprint density at radius 1 is 0.356 bits per heavy atom. The molecular weight excluding hydrogens is 741 g/mol. The van der Waals surface area contributed by atoms with Gasteiger partial charge in [0, 0.05) is 64.2 Å². The maximum atomic E-state index is 6.69. The summed E-state index contributed by atoms with van der Waals surface area (Å²) in [5.41, 5.74) is 12.3. The number of fused-ring (bicyclic) bond motifs is 11. The van der Waals surface area contributed by atoms with Gasteiger partial charge in [-0.05, 0) is 92.0 Å². The molecule has 0 atom stereocenters. The number of thiophene rings is 1. The van der Waals surface area contributed by atoms with Crippen LogP contribution in [0.5, 0.6) is 0 Å². The second-order valence-electron chi connectivity index (χ2n) is 15.4. The zero-order valence-corrected chi connectivity index (χ0v) is 33.3. The molecule has 59 heavy (non-hydrogen) atoms. The number of benzene rings is 9. The van der Waals surface area contributed by atoms with Crippen LogP contribution >= 0.6 is 11.3 Å². The number of hydrogen-bond donors (Lipinski definition) is 0. The lowest BCUT2D eigenvalue weighted by molar-refractivity contribution is 0.668. The molecule has 0 fully saturated rings. The zero-order valence-electron chi connectivity index (χ0n) is 32.4. The first-order chi connectivity index (χ1) is 29.1. The maximum Gasteiger partial charge on any atom is 0.159 e. The Kier molecular flexibility index (Phi) is 7.50. The van der Waals surface area contributed by atoms with Crippen LogP contribution in [-0.4, -0.2) is 0 Å². The van der Waals surface area contributed by atoms with Crippen molar-refractivity contribution < 1.29 is 8.83 Å². The van der Waals surface area contributed by atoms with E-state index in [0.717, 1.165) is 78.0 Å². The summed E-state index contributed by atoms with van der Waals surface area (Å²) in [6, 6.07) is 65.3. The van der Waals surface area contributed by atoms with Crippen molar-refractivity contribution in [2.45, 2.75) is 13.8 Å². The number of nitrogens with zero attached hydrogens (tertiary/aromatic N) is 2. The van der Waals surface area contributed by atoms with Crippen LogP contribution in [0.1, 0.15) is 11.1 Å². The van der Waals surface area contributed by atoms with Crippen molar-refractivity contribution in [2.75, 3.05) is 9.80 Å². The van der Waals surface area contributed by atoms with E-state index >= 15 is 0 Å². The molecule has 0 saturated carbocycles. The summed E-state index contributed by atoms with van der Waals surface area (Å²) in [5, 5.41) is 9.29. The molecule has 3 aromatic heterocycles. The van der Waals surface area contributed by atoms with Gasteiger partial charge >= 0.3 is 0 Å². The first-order valence-corrected chi connectivity index (χ1v) is 20.8. The number of hydrogen-bond acceptors (Lipinski definition) is 5. The van der Waals surface area contributed by atoms with E-state index in [9.17, 15) is 0 Å². The summed E-state index contributed by atoms with van der Waals surface area (Å²) >= 11 is 1.84. The fourth-order valence-electron chi connectivity index (χ4n) is 8.97. The number of furan rings is 2. The normalized spacial score (nSPS) is 11.9. The van der Waals surface area contributed by atoms with Gasteiger partial charge in [0.1, 0.15) is 11.2 Å². The van der Waals surface area contributed by atoms with Crippen LogP contribution in [-0.2, 0) is 0 Å². The fraction of sp³-hybridized carbons (Fsp3) is 0.0370. The van der Waals surface area contributed by atoms with E-state index in [2.05, 4.69) is 194 Å². The summed E-state index contributed by atoms with van der Waals surface area (Å²) in [5.74, 6) is 0. The van der Waals surface area contributed by atoms with Gasteiger partial charge in [-0.25, -0.2) is 0 Å². The Bertz CT molecular complexity index is 3590. The molecule has 0 aliphatic heterocycles. The van der Waals surface area contributed by atoms with E-state index in [4.69, 9.17) is 8.83 Å². The van der Waals surface area contributed by atoms with E-state index in [0.29, 0.717) is 0 Å². The molecular formula is C54H36N2O2S. The lowest BCUT2D eigenvalue weighted by atomic mass is 10.00. The SMILES string of the molecule is Cc1ccc(N(c2ccc3sc4cc(N(c5ccc(C)cc5)c5cccc6c5oc5ccccc56)c5ccccc5c4c3c2)c2cccc3c2oc2ccccc23)cc1. The van der Waals surface area contributed by atoms with Crippen molar-refractivity contribution >= 4 is 120 Å². The highest BCUT2D eigenvalue weighted by Crippen LogP contribution is 2.50. The van der Waals surface area contributed by atoms with E-state index < -0.39 is 0 Å². The highest BCUT2D eigenvalue weighted by Gasteiger charge is 2.24. The number of anilines is 6. The highest BCUT2D eigenvalue weighted by molar-refractivity contribution is 7.26. The first-order valence-electron chi connectivity index (χ1n) is 20.0. The van der Waals surface area contributed by atoms with Crippen LogP contribution in [0.4, 0.5) is 34.1 Å². The van der Waals surface area contributed by atoms with Gasteiger partial charge in [0.05, 0.1) is 17.1 Å². The molecule has 0 amide bonds. The van der Waals surface area contributed by atoms with Gasteiger partial charge in [-0.1, -0.05) is 120 Å². The molecule has 0 radical (unpaired) electrons. The molecule has 280 valence electrons. The molecule has 4 nitrogen and oxygen atoms in total. The monoisotopic (exact) mass is 776 g/mol. The van der Waals surface area contributed by atoms with E-state index in [1.54, 1.807) is 0 Å². The predicted octanol–water partition coefficient (Wildman–Crippen LogP) is 16.6. The molecule has 0 aliphatic rings. The van der Waals surface area contributed by atoms with Crippen molar-refractivity contribution in [3.63, 3.8) is 0 Å². The molecule has 12 rings (SSSR count). The van der Waals surface area contributed by atoms with Crippen LogP contribution in [0.25, 0.3) is 74.8 Å². The Morgan fingerprint density at radius 3 is 1.46 bits per heavy atom. The minimum atomic E-state index is 0.870. The third kappa shape index (κ3) is 5.28. The lowest BCUT2D eigenvalue weighted by Gasteiger charge is -2.27. The van der Waals surface area contributed by atoms with Gasteiger partial charge in [0.15, 0.2) is 11.2 Å². The Balaban J connectivity index is 1.10. The van der Waals surface area contributed by atoms with Crippen LogP contribution in [0.3, 0.4) is 0 Å². The van der Waals surface area contributed by atoms with Crippen molar-refractivity contribution in [2.24, 2.45) is 0 Å². The van der Waals surface area contributed by atoms with Gasteiger partial charge in [0.25, 0.3) is 0 Å². The summed E-state index contributed by atoms with van der Waals surface area (Å²) < 4.78 is 15.8.